The van der Waals surface area contributed by atoms with Crippen LogP contribution in [0.5, 0.6) is 0 Å². The van der Waals surface area contributed by atoms with Gasteiger partial charge < -0.3 is 9.64 Å². The molecule has 0 radical (unpaired) electrons. The fraction of sp³-hybridized carbons (Fsp3) is 0.417. The number of rotatable bonds is 6. The summed E-state index contributed by atoms with van der Waals surface area (Å²) >= 11 is 5.87. The second kappa shape index (κ2) is 6.94. The molecule has 0 saturated carbocycles. The summed E-state index contributed by atoms with van der Waals surface area (Å²) < 4.78 is 4.56. The summed E-state index contributed by atoms with van der Waals surface area (Å²) in [6.07, 6.45) is 0.161. The van der Waals surface area contributed by atoms with Crippen molar-refractivity contribution in [1.29, 1.82) is 0 Å². The number of nitrogens with zero attached hydrogens (tertiary/aromatic N) is 2. The molecule has 0 amide bonds. The fourth-order valence-corrected chi connectivity index (χ4v) is 1.85. The van der Waals surface area contributed by atoms with Gasteiger partial charge in [-0.25, -0.2) is 0 Å². The third-order valence-corrected chi connectivity index (χ3v) is 2.91. The van der Waals surface area contributed by atoms with Crippen LogP contribution in [-0.2, 0) is 9.53 Å². The number of nitro benzene ring substituents is 1. The highest BCUT2D eigenvalue weighted by atomic mass is 35.5. The van der Waals surface area contributed by atoms with Crippen LogP contribution in [0.2, 0.25) is 5.02 Å². The molecule has 7 heteroatoms. The molecule has 0 bridgehead atoms. The first kappa shape index (κ1) is 15.2. The molecule has 6 nitrogen and oxygen atoms in total. The quantitative estimate of drug-likeness (QED) is 0.457. The lowest BCUT2D eigenvalue weighted by Gasteiger charge is -2.22. The molecule has 104 valence electrons. The Morgan fingerprint density at radius 3 is 2.74 bits per heavy atom. The maximum atomic E-state index is 11.1. The van der Waals surface area contributed by atoms with Crippen molar-refractivity contribution in [1.82, 2.24) is 0 Å². The van der Waals surface area contributed by atoms with Crippen molar-refractivity contribution in [3.63, 3.8) is 0 Å². The van der Waals surface area contributed by atoms with E-state index in [1.54, 1.807) is 4.90 Å². The number of nitro groups is 1. The van der Waals surface area contributed by atoms with Gasteiger partial charge in [0.25, 0.3) is 5.69 Å². The van der Waals surface area contributed by atoms with Crippen LogP contribution in [0.3, 0.4) is 0 Å². The molecule has 0 heterocycles. The Bertz CT molecular complexity index is 479. The first-order valence-electron chi connectivity index (χ1n) is 5.75. The molecule has 0 aliphatic heterocycles. The average molecular weight is 287 g/mol. The molecule has 0 spiro atoms. The summed E-state index contributed by atoms with van der Waals surface area (Å²) in [6.45, 7) is 2.71. The average Bonchev–Trinajstić information content (AvgIpc) is 2.38. The molecule has 0 aliphatic carbocycles. The molecule has 1 rings (SSSR count). The highest BCUT2D eigenvalue weighted by Crippen LogP contribution is 2.31. The zero-order valence-electron chi connectivity index (χ0n) is 10.8. The number of hydrogen-bond donors (Lipinski definition) is 0. The number of hydrogen-bond acceptors (Lipinski definition) is 5. The van der Waals surface area contributed by atoms with Crippen molar-refractivity contribution >= 4 is 28.9 Å². The van der Waals surface area contributed by atoms with Gasteiger partial charge in [-0.15, -0.1) is 0 Å². The molecule has 0 aliphatic rings. The van der Waals surface area contributed by atoms with E-state index in [1.165, 1.54) is 25.3 Å². The van der Waals surface area contributed by atoms with Crippen LogP contribution >= 0.6 is 11.6 Å². The van der Waals surface area contributed by atoms with Crippen LogP contribution < -0.4 is 4.90 Å². The summed E-state index contributed by atoms with van der Waals surface area (Å²) in [5, 5.41) is 11.4. The summed E-state index contributed by atoms with van der Waals surface area (Å²) in [7, 11) is 1.31. The molecule has 0 N–H and O–H groups in total. The van der Waals surface area contributed by atoms with Gasteiger partial charge in [0.2, 0.25) is 0 Å². The first-order valence-corrected chi connectivity index (χ1v) is 6.13. The zero-order valence-corrected chi connectivity index (χ0v) is 11.5. The Morgan fingerprint density at radius 2 is 2.21 bits per heavy atom. The molecular formula is C12H15ClN2O4. The van der Waals surface area contributed by atoms with E-state index in [4.69, 9.17) is 11.6 Å². The SMILES string of the molecule is CCN(CCC(=O)OC)c1cc(Cl)ccc1[N+](=O)[O-]. The highest BCUT2D eigenvalue weighted by Gasteiger charge is 2.19. The minimum Gasteiger partial charge on any atom is -0.469 e. The van der Waals surface area contributed by atoms with E-state index in [9.17, 15) is 14.9 Å². The third-order valence-electron chi connectivity index (χ3n) is 2.67. The molecule has 0 saturated heterocycles. The second-order valence-electron chi connectivity index (χ2n) is 3.80. The standard InChI is InChI=1S/C12H15ClN2O4/c1-3-14(7-6-12(16)19-2)11-8-9(13)4-5-10(11)15(17)18/h4-5,8H,3,6-7H2,1-2H3. The van der Waals surface area contributed by atoms with Crippen LogP contribution in [0.1, 0.15) is 13.3 Å². The summed E-state index contributed by atoms with van der Waals surface area (Å²) in [5.74, 6) is -0.358. The van der Waals surface area contributed by atoms with Gasteiger partial charge in [-0.1, -0.05) is 11.6 Å². The number of anilines is 1. The van der Waals surface area contributed by atoms with Crippen LogP contribution in [0.25, 0.3) is 0 Å². The predicted molar refractivity (Wildman–Crippen MR) is 72.6 cm³/mol. The Balaban J connectivity index is 2.99. The summed E-state index contributed by atoms with van der Waals surface area (Å²) in [4.78, 5) is 23.4. The van der Waals surface area contributed by atoms with Crippen molar-refractivity contribution in [3.05, 3.63) is 33.3 Å². The Labute approximate surface area is 116 Å². The lowest BCUT2D eigenvalue weighted by Crippen LogP contribution is -2.26. The molecular weight excluding hydrogens is 272 g/mol. The van der Waals surface area contributed by atoms with Gasteiger partial charge in [0, 0.05) is 24.2 Å². The van der Waals surface area contributed by atoms with Gasteiger partial charge in [0.1, 0.15) is 5.69 Å². The normalized spacial score (nSPS) is 10.1. The lowest BCUT2D eigenvalue weighted by molar-refractivity contribution is -0.384. The monoisotopic (exact) mass is 286 g/mol. The third kappa shape index (κ3) is 4.10. The van der Waals surface area contributed by atoms with Gasteiger partial charge >= 0.3 is 5.97 Å². The van der Waals surface area contributed by atoms with Crippen LogP contribution in [0.4, 0.5) is 11.4 Å². The molecule has 0 atom stereocenters. The molecule has 0 aromatic heterocycles. The van der Waals surface area contributed by atoms with Gasteiger partial charge in [-0.2, -0.15) is 0 Å². The number of benzene rings is 1. The largest absolute Gasteiger partial charge is 0.469 e. The minimum atomic E-state index is -0.466. The molecule has 19 heavy (non-hydrogen) atoms. The number of carbonyl (C=O) groups excluding carboxylic acids is 1. The van der Waals surface area contributed by atoms with Crippen molar-refractivity contribution in [3.8, 4) is 0 Å². The number of carbonyl (C=O) groups is 1. The van der Waals surface area contributed by atoms with E-state index in [2.05, 4.69) is 4.74 Å². The molecule has 0 fully saturated rings. The minimum absolute atomic E-state index is 0.0314. The molecule has 0 unspecified atom stereocenters. The van der Waals surface area contributed by atoms with Gasteiger partial charge in [-0.3, -0.25) is 14.9 Å². The fourth-order valence-electron chi connectivity index (χ4n) is 1.68. The highest BCUT2D eigenvalue weighted by molar-refractivity contribution is 6.31. The van der Waals surface area contributed by atoms with Crippen LogP contribution in [0, 0.1) is 10.1 Å². The topological polar surface area (TPSA) is 72.7 Å². The Hall–Kier alpha value is -1.82. The van der Waals surface area contributed by atoms with E-state index in [-0.39, 0.29) is 18.1 Å². The predicted octanol–water partition coefficient (Wildman–Crippen LogP) is 2.64. The van der Waals surface area contributed by atoms with E-state index in [0.29, 0.717) is 23.8 Å². The van der Waals surface area contributed by atoms with Crippen molar-refractivity contribution < 1.29 is 14.5 Å². The van der Waals surface area contributed by atoms with Crippen LogP contribution in [-0.4, -0.2) is 31.1 Å². The number of methoxy groups -OCH3 is 1. The van der Waals surface area contributed by atoms with Crippen LogP contribution in [0.15, 0.2) is 18.2 Å². The van der Waals surface area contributed by atoms with Gasteiger partial charge in [-0.05, 0) is 19.1 Å². The second-order valence-corrected chi connectivity index (χ2v) is 4.23. The first-order chi connectivity index (χ1) is 8.99. The van der Waals surface area contributed by atoms with Crippen molar-refractivity contribution in [2.75, 3.05) is 25.1 Å². The van der Waals surface area contributed by atoms with Gasteiger partial charge in [0.15, 0.2) is 0 Å². The van der Waals surface area contributed by atoms with E-state index >= 15 is 0 Å². The Kier molecular flexibility index (Phi) is 5.57. The Morgan fingerprint density at radius 1 is 1.53 bits per heavy atom. The van der Waals surface area contributed by atoms with Crippen molar-refractivity contribution in [2.45, 2.75) is 13.3 Å². The summed E-state index contributed by atoms with van der Waals surface area (Å²) in [5.41, 5.74) is 0.375. The van der Waals surface area contributed by atoms with E-state index < -0.39 is 4.92 Å². The van der Waals surface area contributed by atoms with Crippen molar-refractivity contribution in [2.24, 2.45) is 0 Å². The number of ether oxygens (including phenoxy) is 1. The summed E-state index contributed by atoms with van der Waals surface area (Å²) in [6, 6.07) is 4.36. The maximum Gasteiger partial charge on any atom is 0.307 e. The zero-order chi connectivity index (χ0) is 14.4. The maximum absolute atomic E-state index is 11.1. The smallest absolute Gasteiger partial charge is 0.307 e. The van der Waals surface area contributed by atoms with E-state index in [0.717, 1.165) is 0 Å². The van der Waals surface area contributed by atoms with E-state index in [1.807, 2.05) is 6.92 Å². The lowest BCUT2D eigenvalue weighted by atomic mass is 10.2. The molecule has 1 aromatic rings. The number of esters is 1. The van der Waals surface area contributed by atoms with Gasteiger partial charge in [0.05, 0.1) is 18.5 Å². The number of halogens is 1. The molecule has 1 aromatic carbocycles.